The standard InChI is InChI=1S/C13H17FN2.ClH/c14-13-4-2-1-3-10(13)7-16-8-11-5-15-6-12(11)9-16;/h1-4,11-12,15H,5-9H2;1H/t11-,12+;. The molecule has 0 aliphatic carbocycles. The van der Waals surface area contributed by atoms with Crippen molar-refractivity contribution in [3.63, 3.8) is 0 Å². The van der Waals surface area contributed by atoms with Crippen LogP contribution in [0.3, 0.4) is 0 Å². The van der Waals surface area contributed by atoms with Crippen LogP contribution in [0.2, 0.25) is 0 Å². The molecule has 2 aliphatic rings. The number of hydrogen-bond acceptors (Lipinski definition) is 2. The highest BCUT2D eigenvalue weighted by Gasteiger charge is 2.35. The monoisotopic (exact) mass is 256 g/mol. The Labute approximate surface area is 108 Å². The molecular weight excluding hydrogens is 239 g/mol. The summed E-state index contributed by atoms with van der Waals surface area (Å²) in [5, 5.41) is 3.42. The first-order valence-corrected chi connectivity index (χ1v) is 5.99. The van der Waals surface area contributed by atoms with E-state index in [1.807, 2.05) is 12.1 Å². The third-order valence-electron chi connectivity index (χ3n) is 3.82. The summed E-state index contributed by atoms with van der Waals surface area (Å²) >= 11 is 0. The van der Waals surface area contributed by atoms with Gasteiger partial charge in [-0.2, -0.15) is 0 Å². The molecule has 1 N–H and O–H groups in total. The maximum Gasteiger partial charge on any atom is 0.127 e. The van der Waals surface area contributed by atoms with Crippen molar-refractivity contribution in [2.45, 2.75) is 6.54 Å². The van der Waals surface area contributed by atoms with E-state index in [4.69, 9.17) is 0 Å². The topological polar surface area (TPSA) is 15.3 Å². The van der Waals surface area contributed by atoms with Crippen molar-refractivity contribution in [2.75, 3.05) is 26.2 Å². The molecule has 17 heavy (non-hydrogen) atoms. The predicted octanol–water partition coefficient (Wildman–Crippen LogP) is 1.90. The van der Waals surface area contributed by atoms with E-state index in [1.165, 1.54) is 0 Å². The van der Waals surface area contributed by atoms with Gasteiger partial charge in [0.2, 0.25) is 0 Å². The number of hydrogen-bond donors (Lipinski definition) is 1. The van der Waals surface area contributed by atoms with Crippen LogP contribution in [-0.4, -0.2) is 31.1 Å². The van der Waals surface area contributed by atoms with Gasteiger partial charge in [0.05, 0.1) is 0 Å². The molecule has 0 bridgehead atoms. The number of likely N-dealkylation sites (tertiary alicyclic amines) is 1. The van der Waals surface area contributed by atoms with Crippen molar-refractivity contribution in [2.24, 2.45) is 11.8 Å². The van der Waals surface area contributed by atoms with Crippen LogP contribution in [0.4, 0.5) is 4.39 Å². The van der Waals surface area contributed by atoms with Crippen LogP contribution in [0.25, 0.3) is 0 Å². The molecule has 0 radical (unpaired) electrons. The Morgan fingerprint density at radius 1 is 1.18 bits per heavy atom. The van der Waals surface area contributed by atoms with E-state index in [1.54, 1.807) is 12.1 Å². The van der Waals surface area contributed by atoms with E-state index >= 15 is 0 Å². The fourth-order valence-corrected chi connectivity index (χ4v) is 2.95. The number of halogens is 2. The smallest absolute Gasteiger partial charge is 0.127 e. The molecule has 0 amide bonds. The van der Waals surface area contributed by atoms with Crippen LogP contribution in [0, 0.1) is 17.7 Å². The lowest BCUT2D eigenvalue weighted by atomic mass is 10.0. The average molecular weight is 257 g/mol. The normalized spacial score (nSPS) is 27.8. The minimum Gasteiger partial charge on any atom is -0.316 e. The summed E-state index contributed by atoms with van der Waals surface area (Å²) in [4.78, 5) is 2.38. The molecule has 2 saturated heterocycles. The van der Waals surface area contributed by atoms with Gasteiger partial charge in [0, 0.05) is 25.2 Å². The first-order chi connectivity index (χ1) is 7.83. The average Bonchev–Trinajstić information content (AvgIpc) is 2.81. The summed E-state index contributed by atoms with van der Waals surface area (Å²) in [7, 11) is 0. The molecule has 2 nitrogen and oxygen atoms in total. The van der Waals surface area contributed by atoms with E-state index in [0.29, 0.717) is 0 Å². The fraction of sp³-hybridized carbons (Fsp3) is 0.538. The minimum atomic E-state index is -0.0716. The summed E-state index contributed by atoms with van der Waals surface area (Å²) in [6, 6.07) is 7.10. The first-order valence-electron chi connectivity index (χ1n) is 5.99. The minimum absolute atomic E-state index is 0. The zero-order valence-electron chi connectivity index (χ0n) is 9.73. The van der Waals surface area contributed by atoms with Gasteiger partial charge in [0.1, 0.15) is 5.82 Å². The predicted molar refractivity (Wildman–Crippen MR) is 68.8 cm³/mol. The second-order valence-corrected chi connectivity index (χ2v) is 4.96. The zero-order chi connectivity index (χ0) is 11.0. The number of fused-ring (bicyclic) bond motifs is 1. The van der Waals surface area contributed by atoms with Crippen molar-refractivity contribution < 1.29 is 4.39 Å². The lowest BCUT2D eigenvalue weighted by Crippen LogP contribution is -2.25. The quantitative estimate of drug-likeness (QED) is 0.870. The fourth-order valence-electron chi connectivity index (χ4n) is 2.95. The Hall–Kier alpha value is -0.640. The van der Waals surface area contributed by atoms with Crippen LogP contribution in [-0.2, 0) is 6.54 Å². The second-order valence-electron chi connectivity index (χ2n) is 4.96. The maximum absolute atomic E-state index is 13.5. The van der Waals surface area contributed by atoms with E-state index < -0.39 is 0 Å². The Morgan fingerprint density at radius 3 is 2.47 bits per heavy atom. The van der Waals surface area contributed by atoms with Gasteiger partial charge in [-0.1, -0.05) is 18.2 Å². The zero-order valence-corrected chi connectivity index (χ0v) is 10.5. The lowest BCUT2D eigenvalue weighted by molar-refractivity contribution is 0.301. The van der Waals surface area contributed by atoms with Crippen molar-refractivity contribution in [3.05, 3.63) is 35.6 Å². The van der Waals surface area contributed by atoms with E-state index in [0.717, 1.165) is 50.1 Å². The van der Waals surface area contributed by atoms with Gasteiger partial charge in [-0.15, -0.1) is 12.4 Å². The Bertz CT molecular complexity index is 373. The van der Waals surface area contributed by atoms with Crippen LogP contribution in [0.1, 0.15) is 5.56 Å². The molecular formula is C13H18ClFN2. The van der Waals surface area contributed by atoms with Crippen molar-refractivity contribution in [3.8, 4) is 0 Å². The molecule has 2 fully saturated rings. The summed E-state index contributed by atoms with van der Waals surface area (Å²) in [5.74, 6) is 1.50. The van der Waals surface area contributed by atoms with Crippen LogP contribution in [0.15, 0.2) is 24.3 Å². The SMILES string of the molecule is Cl.Fc1ccccc1CN1C[C@H]2CNC[C@H]2C1. The molecule has 2 heterocycles. The van der Waals surface area contributed by atoms with E-state index in [2.05, 4.69) is 10.2 Å². The van der Waals surface area contributed by atoms with Gasteiger partial charge in [0.15, 0.2) is 0 Å². The molecule has 0 spiro atoms. The lowest BCUT2D eigenvalue weighted by Gasteiger charge is -2.17. The molecule has 2 atom stereocenters. The largest absolute Gasteiger partial charge is 0.316 e. The molecule has 0 aromatic heterocycles. The molecule has 2 aliphatic heterocycles. The van der Waals surface area contributed by atoms with Crippen LogP contribution < -0.4 is 5.32 Å². The molecule has 0 unspecified atom stereocenters. The van der Waals surface area contributed by atoms with Gasteiger partial charge in [-0.05, 0) is 31.0 Å². The molecule has 0 saturated carbocycles. The van der Waals surface area contributed by atoms with Gasteiger partial charge >= 0.3 is 0 Å². The third kappa shape index (κ3) is 2.62. The summed E-state index contributed by atoms with van der Waals surface area (Å²) in [6.07, 6.45) is 0. The molecule has 1 aromatic rings. The summed E-state index contributed by atoms with van der Waals surface area (Å²) < 4.78 is 13.5. The molecule has 3 rings (SSSR count). The van der Waals surface area contributed by atoms with Crippen molar-refractivity contribution >= 4 is 12.4 Å². The number of nitrogens with one attached hydrogen (secondary N) is 1. The highest BCUT2D eigenvalue weighted by Crippen LogP contribution is 2.27. The Balaban J connectivity index is 0.00000108. The molecule has 94 valence electrons. The van der Waals surface area contributed by atoms with E-state index in [9.17, 15) is 4.39 Å². The van der Waals surface area contributed by atoms with E-state index in [-0.39, 0.29) is 18.2 Å². The first kappa shape index (κ1) is 12.8. The summed E-state index contributed by atoms with van der Waals surface area (Å²) in [5.41, 5.74) is 0.829. The van der Waals surface area contributed by atoms with Crippen molar-refractivity contribution in [1.29, 1.82) is 0 Å². The highest BCUT2D eigenvalue weighted by atomic mass is 35.5. The number of rotatable bonds is 2. The number of benzene rings is 1. The van der Waals surface area contributed by atoms with Crippen LogP contribution in [0.5, 0.6) is 0 Å². The number of nitrogens with zero attached hydrogens (tertiary/aromatic N) is 1. The Kier molecular flexibility index (Phi) is 4.02. The van der Waals surface area contributed by atoms with Gasteiger partial charge in [-0.3, -0.25) is 4.90 Å². The van der Waals surface area contributed by atoms with Gasteiger partial charge in [-0.25, -0.2) is 4.39 Å². The molecule has 1 aromatic carbocycles. The maximum atomic E-state index is 13.5. The molecule has 4 heteroatoms. The van der Waals surface area contributed by atoms with Crippen molar-refractivity contribution in [1.82, 2.24) is 10.2 Å². The van der Waals surface area contributed by atoms with Gasteiger partial charge in [0.25, 0.3) is 0 Å². The third-order valence-corrected chi connectivity index (χ3v) is 3.82. The van der Waals surface area contributed by atoms with Gasteiger partial charge < -0.3 is 5.32 Å². The summed E-state index contributed by atoms with van der Waals surface area (Å²) in [6.45, 7) is 5.27. The van der Waals surface area contributed by atoms with Crippen LogP contribution >= 0.6 is 12.4 Å². The highest BCUT2D eigenvalue weighted by molar-refractivity contribution is 5.85. The Morgan fingerprint density at radius 2 is 1.82 bits per heavy atom. The second kappa shape index (κ2) is 5.34.